The van der Waals surface area contributed by atoms with Crippen molar-refractivity contribution in [1.82, 2.24) is 9.80 Å². The minimum atomic E-state index is -0.605. The molecule has 1 amide bonds. The van der Waals surface area contributed by atoms with Crippen molar-refractivity contribution in [2.75, 3.05) is 19.6 Å². The summed E-state index contributed by atoms with van der Waals surface area (Å²) < 4.78 is 34.0. The second kappa shape index (κ2) is 11.6. The van der Waals surface area contributed by atoms with Crippen LogP contribution in [0.1, 0.15) is 81.5 Å². The number of halogens is 2. The summed E-state index contributed by atoms with van der Waals surface area (Å²) in [5.41, 5.74) is 3.77. The van der Waals surface area contributed by atoms with Crippen molar-refractivity contribution in [3.63, 3.8) is 0 Å². The van der Waals surface area contributed by atoms with E-state index in [-0.39, 0.29) is 29.8 Å². The maximum absolute atomic E-state index is 14.6. The molecule has 2 fully saturated rings. The Balaban J connectivity index is 1.30. The fourth-order valence-electron chi connectivity index (χ4n) is 6.95. The van der Waals surface area contributed by atoms with E-state index >= 15 is 0 Å². The Morgan fingerprint density at radius 3 is 2.50 bits per heavy atom. The summed E-state index contributed by atoms with van der Waals surface area (Å²) in [7, 11) is 0. The second-order valence-corrected chi connectivity index (χ2v) is 12.9. The van der Waals surface area contributed by atoms with Gasteiger partial charge < -0.3 is 9.64 Å². The smallest absolute Gasteiger partial charge is 0.324 e. The van der Waals surface area contributed by atoms with Gasteiger partial charge in [-0.25, -0.2) is 8.78 Å². The molecule has 5 rings (SSSR count). The van der Waals surface area contributed by atoms with Gasteiger partial charge >= 0.3 is 5.97 Å². The van der Waals surface area contributed by atoms with Gasteiger partial charge in [-0.3, -0.25) is 14.5 Å². The van der Waals surface area contributed by atoms with Crippen LogP contribution in [0.2, 0.25) is 0 Å². The quantitative estimate of drug-likeness (QED) is 0.424. The Morgan fingerprint density at radius 1 is 1.00 bits per heavy atom. The molecule has 7 heteroatoms. The highest BCUT2D eigenvalue weighted by Crippen LogP contribution is 2.42. The Morgan fingerprint density at radius 2 is 1.77 bits per heavy atom. The number of amides is 1. The van der Waals surface area contributed by atoms with Gasteiger partial charge in [-0.1, -0.05) is 30.7 Å². The van der Waals surface area contributed by atoms with Crippen LogP contribution < -0.4 is 0 Å². The molecule has 2 aromatic rings. The fraction of sp³-hybridized carbons (Fsp3) is 0.576. The molecule has 1 heterocycles. The van der Waals surface area contributed by atoms with Crippen LogP contribution in [0.3, 0.4) is 0 Å². The second-order valence-electron chi connectivity index (χ2n) is 12.9. The van der Waals surface area contributed by atoms with Crippen LogP contribution in [-0.2, 0) is 33.6 Å². The van der Waals surface area contributed by atoms with Crippen LogP contribution in [0.25, 0.3) is 0 Å². The zero-order valence-electron chi connectivity index (χ0n) is 24.2. The first-order valence-electron chi connectivity index (χ1n) is 14.8. The highest BCUT2D eigenvalue weighted by atomic mass is 19.1. The number of esters is 1. The molecule has 0 unspecified atom stereocenters. The van der Waals surface area contributed by atoms with Crippen LogP contribution >= 0.6 is 0 Å². The summed E-state index contributed by atoms with van der Waals surface area (Å²) in [4.78, 5) is 31.3. The van der Waals surface area contributed by atoms with E-state index in [2.05, 4.69) is 23.1 Å². The van der Waals surface area contributed by atoms with Gasteiger partial charge in [0.15, 0.2) is 0 Å². The van der Waals surface area contributed by atoms with Gasteiger partial charge in [-0.2, -0.15) is 0 Å². The van der Waals surface area contributed by atoms with Gasteiger partial charge in [-0.15, -0.1) is 0 Å². The lowest BCUT2D eigenvalue weighted by atomic mass is 9.87. The van der Waals surface area contributed by atoms with E-state index < -0.39 is 23.3 Å². The van der Waals surface area contributed by atoms with Crippen LogP contribution in [0.15, 0.2) is 36.4 Å². The lowest BCUT2D eigenvalue weighted by Gasteiger charge is -2.44. The molecule has 0 spiro atoms. The molecular formula is C33H42F2N2O3. The number of piperazine rings is 1. The summed E-state index contributed by atoms with van der Waals surface area (Å²) in [5.74, 6) is -1.94. The number of carbonyl (C=O) groups is 2. The SMILES string of the molecule is C[C@H]1CN([C@@H](Cc2ccc3c(c2)CCC3)C(=O)OC(C)(C)C)CCN1C(=O)[C@@H]1CCC[C@H]1c1ccc(F)cc1F. The Hall–Kier alpha value is -2.80. The molecule has 1 saturated heterocycles. The number of aryl methyl sites for hydroxylation is 2. The van der Waals surface area contributed by atoms with Gasteiger partial charge in [-0.05, 0) is 100 Å². The third-order valence-corrected chi connectivity index (χ3v) is 8.85. The van der Waals surface area contributed by atoms with E-state index in [1.165, 1.54) is 29.7 Å². The lowest BCUT2D eigenvalue weighted by Crippen LogP contribution is -2.59. The number of fused-ring (bicyclic) bond motifs is 1. The number of hydrogen-bond acceptors (Lipinski definition) is 4. The molecule has 40 heavy (non-hydrogen) atoms. The van der Waals surface area contributed by atoms with Crippen LogP contribution in [-0.4, -0.2) is 59.0 Å². The Labute approximate surface area is 236 Å². The summed E-state index contributed by atoms with van der Waals surface area (Å²) in [6.45, 7) is 9.30. The Bertz CT molecular complexity index is 1260. The van der Waals surface area contributed by atoms with Crippen molar-refractivity contribution in [2.45, 2.75) is 96.2 Å². The van der Waals surface area contributed by atoms with Crippen molar-refractivity contribution in [1.29, 1.82) is 0 Å². The van der Waals surface area contributed by atoms with Gasteiger partial charge in [0.05, 0.1) is 0 Å². The molecule has 2 aromatic carbocycles. The predicted octanol–water partition coefficient (Wildman–Crippen LogP) is 5.82. The van der Waals surface area contributed by atoms with Crippen LogP contribution in [0.4, 0.5) is 8.78 Å². The fourth-order valence-corrected chi connectivity index (χ4v) is 6.95. The predicted molar refractivity (Wildman–Crippen MR) is 151 cm³/mol. The molecular weight excluding hydrogens is 510 g/mol. The first-order valence-corrected chi connectivity index (χ1v) is 14.8. The van der Waals surface area contributed by atoms with Crippen molar-refractivity contribution in [2.24, 2.45) is 5.92 Å². The van der Waals surface area contributed by atoms with Gasteiger partial charge in [0.25, 0.3) is 0 Å². The molecule has 0 N–H and O–H groups in total. The van der Waals surface area contributed by atoms with E-state index in [1.54, 1.807) is 0 Å². The largest absolute Gasteiger partial charge is 0.459 e. The molecule has 0 bridgehead atoms. The van der Waals surface area contributed by atoms with Crippen LogP contribution in [0, 0.1) is 17.6 Å². The van der Waals surface area contributed by atoms with Crippen molar-refractivity contribution in [3.05, 3.63) is 70.3 Å². The third-order valence-electron chi connectivity index (χ3n) is 8.85. The standard InChI is InChI=1S/C33H42F2N2O3/c1-21-20-36(30(32(39)40-33(2,3)4)18-22-11-12-23-7-5-8-24(23)17-22)15-16-37(21)31(38)28-10-6-9-26(28)27-14-13-25(34)19-29(27)35/h11-14,17,19,21,26,28,30H,5-10,15-16,18,20H2,1-4H3/t21-,26-,28+,30-/m0/s1. The number of nitrogens with zero attached hydrogens (tertiary/aromatic N) is 2. The molecule has 5 nitrogen and oxygen atoms in total. The van der Waals surface area contributed by atoms with Gasteiger partial charge in [0, 0.05) is 37.7 Å². The highest BCUT2D eigenvalue weighted by molar-refractivity contribution is 5.81. The van der Waals surface area contributed by atoms with Gasteiger partial charge in [0.1, 0.15) is 23.3 Å². The van der Waals surface area contributed by atoms with Crippen LogP contribution in [0.5, 0.6) is 0 Å². The third kappa shape index (κ3) is 6.24. The maximum Gasteiger partial charge on any atom is 0.324 e. The molecule has 0 radical (unpaired) electrons. The summed E-state index contributed by atoms with van der Waals surface area (Å²) in [5, 5.41) is 0. The first-order chi connectivity index (χ1) is 19.0. The molecule has 1 saturated carbocycles. The number of carbonyl (C=O) groups excluding carboxylic acids is 2. The van der Waals surface area contributed by atoms with E-state index in [0.717, 1.165) is 37.3 Å². The average molecular weight is 553 g/mol. The Kier molecular flexibility index (Phi) is 8.32. The number of hydrogen-bond donors (Lipinski definition) is 0. The monoisotopic (exact) mass is 552 g/mol. The number of benzene rings is 2. The van der Waals surface area contributed by atoms with E-state index in [0.29, 0.717) is 38.0 Å². The number of ether oxygens (including phenoxy) is 1. The number of rotatable bonds is 6. The first kappa shape index (κ1) is 28.7. The zero-order valence-corrected chi connectivity index (χ0v) is 24.2. The molecule has 1 aliphatic heterocycles. The minimum Gasteiger partial charge on any atom is -0.459 e. The van der Waals surface area contributed by atoms with E-state index in [4.69, 9.17) is 4.74 Å². The van der Waals surface area contributed by atoms with Crippen molar-refractivity contribution < 1.29 is 23.1 Å². The maximum atomic E-state index is 14.6. The molecule has 2 aliphatic carbocycles. The zero-order chi connectivity index (χ0) is 28.6. The highest BCUT2D eigenvalue weighted by Gasteiger charge is 2.42. The molecule has 3 aliphatic rings. The minimum absolute atomic E-state index is 0.0332. The normalized spacial score (nSPS) is 24.1. The summed E-state index contributed by atoms with van der Waals surface area (Å²) in [6, 6.07) is 9.72. The topological polar surface area (TPSA) is 49.9 Å². The molecule has 0 aromatic heterocycles. The summed E-state index contributed by atoms with van der Waals surface area (Å²) >= 11 is 0. The van der Waals surface area contributed by atoms with Crippen molar-refractivity contribution >= 4 is 11.9 Å². The van der Waals surface area contributed by atoms with E-state index in [9.17, 15) is 18.4 Å². The molecule has 4 atom stereocenters. The summed E-state index contributed by atoms with van der Waals surface area (Å²) in [6.07, 6.45) is 6.21. The van der Waals surface area contributed by atoms with E-state index in [1.807, 2.05) is 32.6 Å². The van der Waals surface area contributed by atoms with Crippen molar-refractivity contribution in [3.8, 4) is 0 Å². The van der Waals surface area contributed by atoms with Gasteiger partial charge in [0.2, 0.25) is 5.91 Å². The average Bonchev–Trinajstić information content (AvgIpc) is 3.55. The molecule has 216 valence electrons. The lowest BCUT2D eigenvalue weighted by molar-refractivity contribution is -0.163.